The molecule has 1 atom stereocenters. The molecule has 4 N–H and O–H groups in total. The average molecular weight is 1140 g/mol. The summed E-state index contributed by atoms with van der Waals surface area (Å²) in [5.41, 5.74) is 10.4. The summed E-state index contributed by atoms with van der Waals surface area (Å²) >= 11 is 0. The van der Waals surface area contributed by atoms with Crippen molar-refractivity contribution in [1.29, 1.82) is 0 Å². The van der Waals surface area contributed by atoms with E-state index in [-0.39, 0.29) is 47.5 Å². The highest BCUT2D eigenvalue weighted by Gasteiger charge is 2.46. The standard InChI is InChI=1S/C60H61F3N16O5/c1-37-69-48-11-10-46(41-16-21-65-51(31-41)72-64-2)70-55(48)78(37)43-9-12-49(45(32-43)60(61,62)63)74-29-27-73(28-30-74)22-4-5-38-8-14-52(67-33-38)75-23-17-40(18-24-75)57(82)76-25-19-42(20-26-76)77-36-39(35-68-77)34-66-47-7-3-6-44-54(47)59(84)79(58(44)83)50-13-15-53(80)71-56(50)81/h3,6-12,14,16,21,31-33,35-36,40,42,50,64,66H,13,15,17-20,22-30,34H2,1-2H3,(H,65,72)(H,71,80,81). The molecule has 4 saturated heterocycles. The molecule has 0 bridgehead atoms. The molecule has 5 aromatic heterocycles. The van der Waals surface area contributed by atoms with E-state index in [2.05, 4.69) is 58.2 Å². The van der Waals surface area contributed by atoms with Gasteiger partial charge in [0.15, 0.2) is 5.65 Å². The normalized spacial score (nSPS) is 18.3. The van der Waals surface area contributed by atoms with Crippen LogP contribution < -0.4 is 31.3 Å². The number of aryl methyl sites for hydroxylation is 1. The van der Waals surface area contributed by atoms with Gasteiger partial charge in [0, 0.05) is 131 Å². The number of benzene rings is 2. The minimum absolute atomic E-state index is 0.0437. The molecule has 5 amide bonds. The average Bonchev–Trinajstić information content (AvgIpc) is 2.16. The number of rotatable bonds is 13. The number of aromatic nitrogens is 7. The highest BCUT2D eigenvalue weighted by molar-refractivity contribution is 6.25. The number of carbonyl (C=O) groups excluding carboxylic acids is 5. The Morgan fingerprint density at radius 1 is 0.821 bits per heavy atom. The Morgan fingerprint density at radius 3 is 2.38 bits per heavy atom. The third-order valence-electron chi connectivity index (χ3n) is 16.4. The number of hydrogen-bond donors (Lipinski definition) is 4. The van der Waals surface area contributed by atoms with Gasteiger partial charge in [0.1, 0.15) is 29.0 Å². The number of imidazole rings is 1. The second kappa shape index (κ2) is 23.2. The van der Waals surface area contributed by atoms with Crippen molar-refractivity contribution in [1.82, 2.24) is 59.7 Å². The number of amides is 5. The van der Waals surface area contributed by atoms with Crippen molar-refractivity contribution in [2.24, 2.45) is 5.92 Å². The maximum Gasteiger partial charge on any atom is 0.418 e. The lowest BCUT2D eigenvalue weighted by Gasteiger charge is -2.37. The van der Waals surface area contributed by atoms with Crippen LogP contribution in [-0.2, 0) is 27.1 Å². The summed E-state index contributed by atoms with van der Waals surface area (Å²) in [4.78, 5) is 92.4. The first-order valence-electron chi connectivity index (χ1n) is 28.2. The van der Waals surface area contributed by atoms with Gasteiger partial charge in [-0.15, -0.1) is 0 Å². The Kier molecular flexibility index (Phi) is 15.3. The molecular formula is C60H61F3N16O5. The molecule has 2 aromatic carbocycles. The lowest BCUT2D eigenvalue weighted by atomic mass is 9.93. The largest absolute Gasteiger partial charge is 0.418 e. The highest BCUT2D eigenvalue weighted by Crippen LogP contribution is 2.40. The van der Waals surface area contributed by atoms with Crippen LogP contribution >= 0.6 is 0 Å². The van der Waals surface area contributed by atoms with Gasteiger partial charge in [0.2, 0.25) is 17.7 Å². The predicted molar refractivity (Wildman–Crippen MR) is 307 cm³/mol. The van der Waals surface area contributed by atoms with Crippen molar-refractivity contribution in [3.63, 3.8) is 0 Å². The van der Waals surface area contributed by atoms with Crippen molar-refractivity contribution < 1.29 is 37.1 Å². The van der Waals surface area contributed by atoms with Gasteiger partial charge >= 0.3 is 6.18 Å². The molecule has 0 saturated carbocycles. The number of alkyl halides is 3. The summed E-state index contributed by atoms with van der Waals surface area (Å²) < 4.78 is 48.2. The van der Waals surface area contributed by atoms with Gasteiger partial charge in [-0.05, 0) is 106 Å². The Bertz CT molecular complexity index is 3750. The zero-order chi connectivity index (χ0) is 58.2. The summed E-state index contributed by atoms with van der Waals surface area (Å²) in [6, 6.07) is 19.7. The number of anilines is 4. The lowest BCUT2D eigenvalue weighted by Crippen LogP contribution is -2.54. The van der Waals surface area contributed by atoms with Gasteiger partial charge in [-0.1, -0.05) is 17.9 Å². The van der Waals surface area contributed by atoms with Crippen LogP contribution in [0.1, 0.15) is 87.8 Å². The van der Waals surface area contributed by atoms with E-state index >= 15 is 0 Å². The number of likely N-dealkylation sites (tertiary alicyclic amines) is 1. The van der Waals surface area contributed by atoms with Crippen molar-refractivity contribution in [2.45, 2.75) is 70.3 Å². The summed E-state index contributed by atoms with van der Waals surface area (Å²) in [5.74, 6) is 6.26. The zero-order valence-corrected chi connectivity index (χ0v) is 46.3. The third kappa shape index (κ3) is 11.2. The van der Waals surface area contributed by atoms with E-state index in [0.29, 0.717) is 105 Å². The molecule has 1 unspecified atom stereocenters. The van der Waals surface area contributed by atoms with E-state index in [1.54, 1.807) is 72.4 Å². The smallest absolute Gasteiger partial charge is 0.380 e. The van der Waals surface area contributed by atoms with Crippen LogP contribution in [0.5, 0.6) is 0 Å². The molecule has 5 aliphatic rings. The highest BCUT2D eigenvalue weighted by atomic mass is 19.4. The van der Waals surface area contributed by atoms with E-state index < -0.39 is 41.4 Å². The van der Waals surface area contributed by atoms with Crippen molar-refractivity contribution in [3.8, 4) is 28.8 Å². The number of carbonyl (C=O) groups is 5. The Balaban J connectivity index is 0.587. The molecule has 5 aliphatic heterocycles. The molecule has 21 nitrogen and oxygen atoms in total. The summed E-state index contributed by atoms with van der Waals surface area (Å²) in [6.07, 6.45) is 5.60. The minimum Gasteiger partial charge on any atom is -0.380 e. The maximum absolute atomic E-state index is 14.9. The molecule has 10 heterocycles. The quantitative estimate of drug-likeness (QED) is 0.0572. The molecule has 24 heteroatoms. The first kappa shape index (κ1) is 55.3. The molecule has 7 aromatic rings. The fourth-order valence-electron chi connectivity index (χ4n) is 12.0. The van der Waals surface area contributed by atoms with Gasteiger partial charge in [-0.3, -0.25) is 48.3 Å². The third-order valence-corrected chi connectivity index (χ3v) is 16.4. The van der Waals surface area contributed by atoms with Crippen molar-refractivity contribution >= 4 is 63.7 Å². The van der Waals surface area contributed by atoms with Gasteiger partial charge in [-0.2, -0.15) is 18.3 Å². The van der Waals surface area contributed by atoms with Gasteiger partial charge in [-0.25, -0.2) is 25.4 Å². The van der Waals surface area contributed by atoms with Gasteiger partial charge in [0.05, 0.1) is 41.2 Å². The van der Waals surface area contributed by atoms with Gasteiger partial charge < -0.3 is 25.4 Å². The fraction of sp³-hybridized carbons (Fsp3) is 0.367. The molecule has 12 rings (SSSR count). The van der Waals surface area contributed by atoms with Crippen LogP contribution in [0.25, 0.3) is 28.1 Å². The lowest BCUT2D eigenvalue weighted by molar-refractivity contribution is -0.138. The second-order valence-corrected chi connectivity index (χ2v) is 21.7. The van der Waals surface area contributed by atoms with Crippen LogP contribution in [0.3, 0.4) is 0 Å². The Hall–Kier alpha value is -9.21. The number of hydrazine groups is 1. The van der Waals surface area contributed by atoms with E-state index in [1.807, 2.05) is 52.2 Å². The van der Waals surface area contributed by atoms with E-state index in [0.717, 1.165) is 53.1 Å². The van der Waals surface area contributed by atoms with Crippen molar-refractivity contribution in [2.75, 3.05) is 86.5 Å². The summed E-state index contributed by atoms with van der Waals surface area (Å²) in [6.45, 7) is 7.10. The van der Waals surface area contributed by atoms with Crippen molar-refractivity contribution in [3.05, 3.63) is 131 Å². The number of pyridine rings is 3. The van der Waals surface area contributed by atoms with E-state index in [9.17, 15) is 37.1 Å². The minimum atomic E-state index is -4.61. The molecule has 432 valence electrons. The number of piperidine rings is 3. The first-order valence-corrected chi connectivity index (χ1v) is 28.2. The maximum atomic E-state index is 14.9. The van der Waals surface area contributed by atoms with E-state index in [4.69, 9.17) is 9.97 Å². The Morgan fingerprint density at radius 2 is 1.63 bits per heavy atom. The predicted octanol–water partition coefficient (Wildman–Crippen LogP) is 6.21. The monoisotopic (exact) mass is 1140 g/mol. The Labute approximate surface area is 481 Å². The number of halogens is 3. The molecule has 0 aliphatic carbocycles. The first-order chi connectivity index (χ1) is 40.7. The zero-order valence-electron chi connectivity index (χ0n) is 46.3. The second-order valence-electron chi connectivity index (χ2n) is 21.7. The van der Waals surface area contributed by atoms with Crippen LogP contribution in [0, 0.1) is 24.7 Å². The number of piperazine rings is 1. The fourth-order valence-corrected chi connectivity index (χ4v) is 12.0. The van der Waals surface area contributed by atoms with Gasteiger partial charge in [0.25, 0.3) is 11.8 Å². The summed E-state index contributed by atoms with van der Waals surface area (Å²) in [5, 5.41) is 10.1. The number of imide groups is 2. The molecule has 0 radical (unpaired) electrons. The molecule has 4 fully saturated rings. The SMILES string of the molecule is CNNc1cc(-c2ccc3nc(C)n(-c4ccc(N5CCN(CC#Cc6ccc(N7CCC(C(=O)N8CCC(n9cc(CNc%10cccc%11c%10C(=O)N(C%10CCC(=O)NC%10=O)C%11=O)cn9)CC8)CC7)nc6)CC5)c(C(F)(F)F)c4)c3n2)ccn1. The number of nitrogens with one attached hydrogen (secondary N) is 4. The van der Waals surface area contributed by atoms with Crippen LogP contribution in [0.15, 0.2) is 97.6 Å². The van der Waals surface area contributed by atoms with Crippen LogP contribution in [0.2, 0.25) is 0 Å². The van der Waals surface area contributed by atoms with E-state index in [1.165, 1.54) is 6.07 Å². The molecule has 0 spiro atoms. The van der Waals surface area contributed by atoms with Crippen LogP contribution in [-0.4, -0.2) is 151 Å². The van der Waals surface area contributed by atoms with Crippen LogP contribution in [0.4, 0.5) is 36.2 Å². The molecular weight excluding hydrogens is 1080 g/mol. The molecule has 84 heavy (non-hydrogen) atoms. The number of fused-ring (bicyclic) bond motifs is 2. The summed E-state index contributed by atoms with van der Waals surface area (Å²) in [7, 11) is 1.73. The number of nitrogens with zero attached hydrogens (tertiary/aromatic N) is 12. The topological polar surface area (TPSA) is 224 Å². The number of hydrogen-bond acceptors (Lipinski definition) is 16.